The second kappa shape index (κ2) is 13.1. The maximum atomic E-state index is 15.4. The first kappa shape index (κ1) is 26.5. The zero-order chi connectivity index (χ0) is 24.6. The van der Waals surface area contributed by atoms with Crippen LogP contribution in [0.4, 0.5) is 4.39 Å². The Morgan fingerprint density at radius 3 is 2.37 bits per heavy atom. The monoisotopic (exact) mass is 480 g/mol. The van der Waals surface area contributed by atoms with Gasteiger partial charge in [0.1, 0.15) is 11.6 Å². The number of allylic oxidation sites excluding steroid dienone is 4. The Balaban J connectivity index is 1.26. The van der Waals surface area contributed by atoms with Gasteiger partial charge in [0.2, 0.25) is 0 Å². The van der Waals surface area contributed by atoms with Crippen molar-refractivity contribution in [2.75, 3.05) is 6.61 Å². The van der Waals surface area contributed by atoms with E-state index < -0.39 is 0 Å². The smallest absolute Gasteiger partial charge is 0.133 e. The van der Waals surface area contributed by atoms with Crippen molar-refractivity contribution in [1.82, 2.24) is 0 Å². The Labute approximate surface area is 214 Å². The molecule has 35 heavy (non-hydrogen) atoms. The average Bonchev–Trinajstić information content (AvgIpc) is 2.90. The topological polar surface area (TPSA) is 9.23 Å². The van der Waals surface area contributed by atoms with Crippen molar-refractivity contribution in [3.63, 3.8) is 0 Å². The van der Waals surface area contributed by atoms with E-state index in [-0.39, 0.29) is 5.82 Å². The highest BCUT2D eigenvalue weighted by molar-refractivity contribution is 5.39. The van der Waals surface area contributed by atoms with Gasteiger partial charge >= 0.3 is 0 Å². The Kier molecular flexibility index (Phi) is 9.92. The maximum absolute atomic E-state index is 15.4. The van der Waals surface area contributed by atoms with Crippen molar-refractivity contribution >= 4 is 0 Å². The van der Waals surface area contributed by atoms with Gasteiger partial charge in [-0.1, -0.05) is 50.1 Å². The van der Waals surface area contributed by atoms with E-state index in [0.717, 1.165) is 54.4 Å². The van der Waals surface area contributed by atoms with Gasteiger partial charge in [0, 0.05) is 5.56 Å². The molecule has 0 saturated heterocycles. The van der Waals surface area contributed by atoms with Crippen molar-refractivity contribution in [3.8, 4) is 5.75 Å². The summed E-state index contributed by atoms with van der Waals surface area (Å²) in [5.74, 6) is 4.80. The number of hydrogen-bond acceptors (Lipinski definition) is 1. The van der Waals surface area contributed by atoms with Gasteiger partial charge in [0.25, 0.3) is 0 Å². The summed E-state index contributed by atoms with van der Waals surface area (Å²) in [6.45, 7) is 7.03. The van der Waals surface area contributed by atoms with E-state index >= 15 is 4.39 Å². The molecule has 1 nitrogen and oxygen atoms in total. The van der Waals surface area contributed by atoms with Crippen molar-refractivity contribution in [2.45, 2.75) is 110 Å². The van der Waals surface area contributed by atoms with Gasteiger partial charge in [-0.05, 0) is 132 Å². The summed E-state index contributed by atoms with van der Waals surface area (Å²) in [6, 6.07) is 4.08. The molecular weight excluding hydrogens is 431 g/mol. The van der Waals surface area contributed by atoms with Gasteiger partial charge in [0.05, 0.1) is 6.61 Å². The lowest BCUT2D eigenvalue weighted by atomic mass is 9.70. The van der Waals surface area contributed by atoms with Crippen molar-refractivity contribution in [3.05, 3.63) is 53.4 Å². The number of benzene rings is 1. The molecule has 0 aromatic heterocycles. The van der Waals surface area contributed by atoms with Crippen molar-refractivity contribution in [2.24, 2.45) is 29.6 Å². The lowest BCUT2D eigenvalue weighted by Crippen LogP contribution is -2.23. The molecule has 2 fully saturated rings. The summed E-state index contributed by atoms with van der Waals surface area (Å²) in [4.78, 5) is 0. The third-order valence-corrected chi connectivity index (χ3v) is 9.44. The highest BCUT2D eigenvalue weighted by atomic mass is 19.1. The molecule has 0 spiro atoms. The molecule has 194 valence electrons. The Hall–Kier alpha value is -1.57. The lowest BCUT2D eigenvalue weighted by Gasteiger charge is -2.35. The van der Waals surface area contributed by atoms with Crippen LogP contribution in [-0.2, 0) is 0 Å². The molecule has 2 saturated carbocycles. The summed E-state index contributed by atoms with van der Waals surface area (Å²) in [5, 5.41) is 0. The molecule has 0 aliphatic heterocycles. The fourth-order valence-corrected chi connectivity index (χ4v) is 7.04. The van der Waals surface area contributed by atoms with Crippen LogP contribution in [0.15, 0.2) is 36.4 Å². The molecule has 0 heterocycles. The molecule has 1 aromatic carbocycles. The Morgan fingerprint density at radius 2 is 1.71 bits per heavy atom. The molecule has 2 heteroatoms. The Morgan fingerprint density at radius 1 is 0.943 bits per heavy atom. The first-order chi connectivity index (χ1) is 17.1. The van der Waals surface area contributed by atoms with Gasteiger partial charge in [-0.3, -0.25) is 0 Å². The summed E-state index contributed by atoms with van der Waals surface area (Å²) < 4.78 is 21.6. The number of halogens is 1. The minimum atomic E-state index is -0.0148. The average molecular weight is 481 g/mol. The highest BCUT2D eigenvalue weighted by Crippen LogP contribution is 2.44. The number of rotatable bonds is 9. The lowest BCUT2D eigenvalue weighted by molar-refractivity contribution is 0.193. The normalized spacial score (nSPS) is 31.7. The second-order valence-electron chi connectivity index (χ2n) is 11.8. The summed E-state index contributed by atoms with van der Waals surface area (Å²) in [7, 11) is 0. The van der Waals surface area contributed by atoms with Crippen LogP contribution in [0.2, 0.25) is 0 Å². The van der Waals surface area contributed by atoms with Crippen LogP contribution in [0.25, 0.3) is 0 Å². The minimum absolute atomic E-state index is 0.0148. The minimum Gasteiger partial charge on any atom is -0.493 e. The molecular formula is C33H49FO. The second-order valence-corrected chi connectivity index (χ2v) is 11.8. The number of ether oxygens (including phenoxy) is 1. The van der Waals surface area contributed by atoms with Crippen LogP contribution < -0.4 is 4.74 Å². The molecule has 2 unspecified atom stereocenters. The van der Waals surface area contributed by atoms with E-state index in [4.69, 9.17) is 4.74 Å². The maximum Gasteiger partial charge on any atom is 0.133 e. The zero-order valence-electron chi connectivity index (χ0n) is 22.6. The fraction of sp³-hybridized carbons (Fsp3) is 0.697. The quantitative estimate of drug-likeness (QED) is 0.319. The van der Waals surface area contributed by atoms with Crippen LogP contribution in [0, 0.1) is 42.3 Å². The predicted octanol–water partition coefficient (Wildman–Crippen LogP) is 9.94. The zero-order valence-corrected chi connectivity index (χ0v) is 22.6. The van der Waals surface area contributed by atoms with Crippen LogP contribution in [0.5, 0.6) is 5.75 Å². The third-order valence-electron chi connectivity index (χ3n) is 9.44. The van der Waals surface area contributed by atoms with E-state index in [2.05, 4.69) is 38.2 Å². The first-order valence-electron chi connectivity index (χ1n) is 14.8. The van der Waals surface area contributed by atoms with Crippen LogP contribution in [-0.4, -0.2) is 6.61 Å². The molecule has 0 amide bonds. The molecule has 2 atom stereocenters. The molecule has 0 bridgehead atoms. The molecule has 4 rings (SSSR count). The number of hydrogen-bond donors (Lipinski definition) is 0. The van der Waals surface area contributed by atoms with Gasteiger partial charge in [-0.25, -0.2) is 4.39 Å². The standard InChI is InChI=1S/C33H49FO/c1-4-6-8-26-13-15-28(16-14-26)29-17-19-30(20-18-29)31-21-22-32(24(3)33(31)34)35-23-27-11-9-25(7-5-2)10-12-27/h5,7,13,15,21-22,25-30H,4,6,8-12,14,16-20,23H2,1-3H3/b7-5+. The molecule has 3 aliphatic carbocycles. The summed E-state index contributed by atoms with van der Waals surface area (Å²) >= 11 is 0. The van der Waals surface area contributed by atoms with Crippen LogP contribution >= 0.6 is 0 Å². The van der Waals surface area contributed by atoms with Crippen molar-refractivity contribution in [1.29, 1.82) is 0 Å². The predicted molar refractivity (Wildman–Crippen MR) is 146 cm³/mol. The number of unbranched alkanes of at least 4 members (excludes halogenated alkanes) is 1. The van der Waals surface area contributed by atoms with Crippen LogP contribution in [0.3, 0.4) is 0 Å². The highest BCUT2D eigenvalue weighted by Gasteiger charge is 2.30. The van der Waals surface area contributed by atoms with Gasteiger partial charge < -0.3 is 4.74 Å². The SMILES string of the molecule is C/C=C/C1CCC(COc2ccc(C3CCC(C4C=CC(CCCC)CC4)CC3)c(F)c2C)CC1. The third kappa shape index (κ3) is 7.01. The molecule has 1 aromatic rings. The molecule has 0 N–H and O–H groups in total. The van der Waals surface area contributed by atoms with Gasteiger partial charge in [-0.15, -0.1) is 0 Å². The summed E-state index contributed by atoms with van der Waals surface area (Å²) in [5.41, 5.74) is 1.64. The van der Waals surface area contributed by atoms with E-state index in [9.17, 15) is 0 Å². The molecule has 3 aliphatic rings. The van der Waals surface area contributed by atoms with E-state index in [1.165, 1.54) is 70.6 Å². The van der Waals surface area contributed by atoms with E-state index in [1.54, 1.807) is 0 Å². The first-order valence-corrected chi connectivity index (χ1v) is 14.8. The van der Waals surface area contributed by atoms with E-state index in [0.29, 0.717) is 17.4 Å². The summed E-state index contributed by atoms with van der Waals surface area (Å²) in [6.07, 6.45) is 26.0. The molecule has 0 radical (unpaired) electrons. The Bertz CT molecular complexity index is 839. The largest absolute Gasteiger partial charge is 0.493 e. The van der Waals surface area contributed by atoms with Gasteiger partial charge in [0.15, 0.2) is 0 Å². The van der Waals surface area contributed by atoms with Gasteiger partial charge in [-0.2, -0.15) is 0 Å². The van der Waals surface area contributed by atoms with Crippen LogP contribution in [0.1, 0.15) is 114 Å². The van der Waals surface area contributed by atoms with E-state index in [1.807, 2.05) is 19.1 Å². The van der Waals surface area contributed by atoms with Crippen molar-refractivity contribution < 1.29 is 9.13 Å². The fourth-order valence-electron chi connectivity index (χ4n) is 7.04.